The standard InChI is InChI=1S/C17H20N2O.C12H15NO.C10H14N2O/c20-17(16-7-4-10-18-13-16)8-11-19(12-9-17)14-15-5-2-1-3-6-15;14-12-6-8-13(9-7-12)10-11-4-2-1-3-5-11;13-10(3-6-11-7-4-10)9-2-1-5-12-8-9/h1-7,10,13,20H,8-9,11-12,14H2;1-5H,6-10H2;1-2,5,8,11,13H,3-4,6-7H2. The molecule has 3 saturated heterocycles. The highest BCUT2D eigenvalue weighted by Gasteiger charge is 2.34. The fourth-order valence-electron chi connectivity index (χ4n) is 6.42. The van der Waals surface area contributed by atoms with Crippen LogP contribution in [0, 0.1) is 0 Å². The van der Waals surface area contributed by atoms with Crippen LogP contribution in [0.2, 0.25) is 0 Å². The third-order valence-corrected chi connectivity index (χ3v) is 9.42. The van der Waals surface area contributed by atoms with Crippen LogP contribution in [-0.2, 0) is 29.1 Å². The van der Waals surface area contributed by atoms with Gasteiger partial charge in [0.05, 0.1) is 11.2 Å². The average molecular weight is 636 g/mol. The maximum Gasteiger partial charge on any atom is 0.135 e. The van der Waals surface area contributed by atoms with Gasteiger partial charge in [-0.2, -0.15) is 0 Å². The van der Waals surface area contributed by atoms with Crippen molar-refractivity contribution < 1.29 is 15.0 Å². The Labute approximate surface area is 279 Å². The number of hydrogen-bond donors (Lipinski definition) is 3. The number of carbonyl (C=O) groups excluding carboxylic acids is 1. The topological polar surface area (TPSA) is 102 Å². The fraction of sp³-hybridized carbons (Fsp3) is 0.410. The number of Topliss-reactive ketones (excluding diaryl/α,β-unsaturated/α-hetero) is 1. The molecule has 0 radical (unpaired) electrons. The minimum Gasteiger partial charge on any atom is -0.385 e. The number of rotatable bonds is 6. The number of aliphatic hydroxyl groups is 2. The highest BCUT2D eigenvalue weighted by Crippen LogP contribution is 2.33. The molecule has 0 saturated carbocycles. The van der Waals surface area contributed by atoms with Gasteiger partial charge in [-0.1, -0.05) is 72.8 Å². The van der Waals surface area contributed by atoms with Crippen LogP contribution in [0.4, 0.5) is 0 Å². The van der Waals surface area contributed by atoms with Crippen LogP contribution in [0.1, 0.15) is 60.8 Å². The Morgan fingerprint density at radius 1 is 0.596 bits per heavy atom. The van der Waals surface area contributed by atoms with E-state index in [9.17, 15) is 15.0 Å². The Kier molecular flexibility index (Phi) is 12.8. The Hall–Kier alpha value is -3.79. The first-order valence-electron chi connectivity index (χ1n) is 16.9. The molecule has 3 aliphatic heterocycles. The van der Waals surface area contributed by atoms with E-state index < -0.39 is 11.2 Å². The number of benzene rings is 2. The van der Waals surface area contributed by atoms with Crippen molar-refractivity contribution in [3.8, 4) is 0 Å². The van der Waals surface area contributed by atoms with Crippen LogP contribution in [-0.4, -0.2) is 75.0 Å². The van der Waals surface area contributed by atoms with Gasteiger partial charge in [0.1, 0.15) is 5.78 Å². The number of pyridine rings is 2. The van der Waals surface area contributed by atoms with Gasteiger partial charge in [-0.3, -0.25) is 24.6 Å². The van der Waals surface area contributed by atoms with Gasteiger partial charge in [-0.15, -0.1) is 0 Å². The van der Waals surface area contributed by atoms with Crippen LogP contribution in [0.15, 0.2) is 110 Å². The van der Waals surface area contributed by atoms with Crippen molar-refractivity contribution in [3.63, 3.8) is 0 Å². The third-order valence-electron chi connectivity index (χ3n) is 9.42. The lowest BCUT2D eigenvalue weighted by Gasteiger charge is -2.38. The molecule has 3 aliphatic rings. The first kappa shape index (κ1) is 34.5. The van der Waals surface area contributed by atoms with Gasteiger partial charge < -0.3 is 15.5 Å². The average Bonchev–Trinajstić information content (AvgIpc) is 3.13. The van der Waals surface area contributed by atoms with Crippen LogP contribution < -0.4 is 5.32 Å². The number of piperidine rings is 3. The molecule has 3 fully saturated rings. The van der Waals surface area contributed by atoms with Crippen LogP contribution in [0.3, 0.4) is 0 Å². The highest BCUT2D eigenvalue weighted by atomic mass is 16.3. The van der Waals surface area contributed by atoms with E-state index in [0.717, 1.165) is 102 Å². The zero-order valence-electron chi connectivity index (χ0n) is 27.4. The second-order valence-corrected chi connectivity index (χ2v) is 12.9. The molecule has 4 aromatic rings. The summed E-state index contributed by atoms with van der Waals surface area (Å²) in [4.78, 5) is 23.9. The molecule has 0 aliphatic carbocycles. The summed E-state index contributed by atoms with van der Waals surface area (Å²) in [6, 6.07) is 28.6. The van der Waals surface area contributed by atoms with Gasteiger partial charge in [0.2, 0.25) is 0 Å². The van der Waals surface area contributed by atoms with E-state index >= 15 is 0 Å². The van der Waals surface area contributed by atoms with E-state index in [4.69, 9.17) is 0 Å². The number of hydrogen-bond acceptors (Lipinski definition) is 8. The molecule has 2 aromatic carbocycles. The van der Waals surface area contributed by atoms with E-state index in [1.165, 1.54) is 11.1 Å². The van der Waals surface area contributed by atoms with Crippen LogP contribution in [0.25, 0.3) is 0 Å². The van der Waals surface area contributed by atoms with Crippen molar-refractivity contribution in [1.29, 1.82) is 0 Å². The molecular weight excluding hydrogens is 586 g/mol. The van der Waals surface area contributed by atoms with E-state index in [-0.39, 0.29) is 0 Å². The molecule has 248 valence electrons. The van der Waals surface area contributed by atoms with E-state index in [1.54, 1.807) is 24.8 Å². The summed E-state index contributed by atoms with van der Waals surface area (Å²) in [5.41, 5.74) is 3.19. The van der Waals surface area contributed by atoms with Gasteiger partial charge in [0, 0.05) is 88.0 Å². The maximum absolute atomic E-state index is 11.0. The summed E-state index contributed by atoms with van der Waals surface area (Å²) in [6.07, 6.45) is 11.6. The molecule has 5 heterocycles. The molecule has 47 heavy (non-hydrogen) atoms. The molecule has 0 bridgehead atoms. The van der Waals surface area contributed by atoms with Crippen molar-refractivity contribution in [2.24, 2.45) is 0 Å². The number of nitrogens with one attached hydrogen (secondary N) is 1. The predicted octanol–water partition coefficient (Wildman–Crippen LogP) is 5.07. The number of carbonyl (C=O) groups is 1. The van der Waals surface area contributed by atoms with Gasteiger partial charge in [-0.25, -0.2) is 0 Å². The number of likely N-dealkylation sites (tertiary alicyclic amines) is 2. The third kappa shape index (κ3) is 10.6. The summed E-state index contributed by atoms with van der Waals surface area (Å²) in [5, 5.41) is 24.3. The first-order chi connectivity index (χ1) is 22.9. The SMILES string of the molecule is O=C1CCN(Cc2ccccc2)CC1.OC1(c2cccnc2)CCN(Cc2ccccc2)CC1.OC1(c2cccnc2)CCNCC1. The zero-order valence-corrected chi connectivity index (χ0v) is 27.4. The molecule has 0 atom stereocenters. The maximum atomic E-state index is 11.0. The second-order valence-electron chi connectivity index (χ2n) is 12.9. The quantitative estimate of drug-likeness (QED) is 0.270. The van der Waals surface area contributed by atoms with Crippen molar-refractivity contribution in [1.82, 2.24) is 25.1 Å². The van der Waals surface area contributed by atoms with Crippen molar-refractivity contribution in [2.45, 2.75) is 62.8 Å². The molecule has 0 unspecified atom stereocenters. The molecule has 0 amide bonds. The molecule has 0 spiro atoms. The Bertz CT molecular complexity index is 1450. The molecule has 7 rings (SSSR count). The van der Waals surface area contributed by atoms with Gasteiger partial charge in [-0.05, 0) is 62.0 Å². The van der Waals surface area contributed by atoms with Crippen molar-refractivity contribution in [3.05, 3.63) is 132 Å². The molecular formula is C39H49N5O3. The lowest BCUT2D eigenvalue weighted by atomic mass is 9.85. The van der Waals surface area contributed by atoms with Gasteiger partial charge in [0.25, 0.3) is 0 Å². The van der Waals surface area contributed by atoms with Crippen LogP contribution >= 0.6 is 0 Å². The first-order valence-corrected chi connectivity index (χ1v) is 16.9. The Balaban J connectivity index is 0.000000143. The van der Waals surface area contributed by atoms with Crippen LogP contribution in [0.5, 0.6) is 0 Å². The molecule has 8 nitrogen and oxygen atoms in total. The van der Waals surface area contributed by atoms with Gasteiger partial charge >= 0.3 is 0 Å². The molecule has 8 heteroatoms. The van der Waals surface area contributed by atoms with E-state index in [2.05, 4.69) is 73.6 Å². The summed E-state index contributed by atoms with van der Waals surface area (Å²) in [7, 11) is 0. The van der Waals surface area contributed by atoms with Gasteiger partial charge in [0.15, 0.2) is 0 Å². The summed E-state index contributed by atoms with van der Waals surface area (Å²) in [5.74, 6) is 0.411. The molecule has 3 N–H and O–H groups in total. The van der Waals surface area contributed by atoms with E-state index in [1.807, 2.05) is 36.4 Å². The zero-order chi connectivity index (χ0) is 32.8. The normalized spacial score (nSPS) is 19.4. The summed E-state index contributed by atoms with van der Waals surface area (Å²) >= 11 is 0. The Morgan fingerprint density at radius 3 is 1.49 bits per heavy atom. The van der Waals surface area contributed by atoms with Crippen molar-refractivity contribution in [2.75, 3.05) is 39.3 Å². The van der Waals surface area contributed by atoms with Crippen molar-refractivity contribution >= 4 is 5.78 Å². The second kappa shape index (κ2) is 17.4. The largest absolute Gasteiger partial charge is 0.385 e. The lowest BCUT2D eigenvalue weighted by Crippen LogP contribution is -2.42. The fourth-order valence-corrected chi connectivity index (χ4v) is 6.42. The lowest BCUT2D eigenvalue weighted by molar-refractivity contribution is -0.121. The smallest absolute Gasteiger partial charge is 0.135 e. The summed E-state index contributed by atoms with van der Waals surface area (Å²) < 4.78 is 0. The number of nitrogens with zero attached hydrogens (tertiary/aromatic N) is 4. The molecule has 2 aromatic heterocycles. The Morgan fingerprint density at radius 2 is 1.04 bits per heavy atom. The minimum absolute atomic E-state index is 0.411. The predicted molar refractivity (Wildman–Crippen MR) is 185 cm³/mol. The number of ketones is 1. The minimum atomic E-state index is -0.707. The van der Waals surface area contributed by atoms with E-state index in [0.29, 0.717) is 5.78 Å². The number of aromatic nitrogens is 2. The monoisotopic (exact) mass is 635 g/mol. The highest BCUT2D eigenvalue weighted by molar-refractivity contribution is 5.79. The summed E-state index contributed by atoms with van der Waals surface area (Å²) in [6.45, 7) is 7.39.